The fourth-order valence-corrected chi connectivity index (χ4v) is 2.17. The third-order valence-corrected chi connectivity index (χ3v) is 3.53. The summed E-state index contributed by atoms with van der Waals surface area (Å²) in [6.07, 6.45) is -1.14. The van der Waals surface area contributed by atoms with Crippen LogP contribution in [-0.2, 0) is 4.79 Å². The van der Waals surface area contributed by atoms with Gasteiger partial charge in [0, 0.05) is 5.02 Å². The molecule has 1 amide bonds. The standard InChI is InChI=1S/C15H10ClF3N4O2/c1-7(15(24)20-11-5-3-9(17)13(18)14(11)19)25-23-12-6-8(16)2-4-10(12)21-22-23/h2-7H,1H3,(H,20,24). The molecule has 1 unspecified atom stereocenters. The van der Waals surface area contributed by atoms with Crippen molar-refractivity contribution in [1.29, 1.82) is 0 Å². The molecule has 0 saturated carbocycles. The number of hydrogen-bond donors (Lipinski definition) is 1. The van der Waals surface area contributed by atoms with Gasteiger partial charge in [-0.05, 0) is 42.5 Å². The van der Waals surface area contributed by atoms with Crippen LogP contribution in [0.2, 0.25) is 5.02 Å². The second-order valence-electron chi connectivity index (χ2n) is 5.06. The average Bonchev–Trinajstić information content (AvgIpc) is 2.97. The van der Waals surface area contributed by atoms with Crippen LogP contribution >= 0.6 is 11.6 Å². The van der Waals surface area contributed by atoms with E-state index in [0.29, 0.717) is 22.1 Å². The lowest BCUT2D eigenvalue weighted by molar-refractivity contribution is -0.127. The molecular weight excluding hydrogens is 361 g/mol. The second-order valence-corrected chi connectivity index (χ2v) is 5.49. The zero-order valence-electron chi connectivity index (χ0n) is 12.6. The molecule has 2 aromatic carbocycles. The smallest absolute Gasteiger partial charge is 0.268 e. The van der Waals surface area contributed by atoms with E-state index in [1.807, 2.05) is 0 Å². The van der Waals surface area contributed by atoms with Crippen molar-refractivity contribution >= 4 is 34.2 Å². The molecule has 3 aromatic rings. The Morgan fingerprint density at radius 3 is 2.76 bits per heavy atom. The molecule has 130 valence electrons. The molecule has 0 bridgehead atoms. The van der Waals surface area contributed by atoms with Crippen molar-refractivity contribution in [1.82, 2.24) is 15.2 Å². The van der Waals surface area contributed by atoms with Gasteiger partial charge in [0.05, 0.1) is 5.69 Å². The van der Waals surface area contributed by atoms with E-state index in [9.17, 15) is 18.0 Å². The number of hydrogen-bond acceptors (Lipinski definition) is 4. The molecule has 3 rings (SSSR count). The van der Waals surface area contributed by atoms with Crippen LogP contribution in [0.25, 0.3) is 11.0 Å². The Hall–Kier alpha value is -2.81. The maximum atomic E-state index is 13.6. The Bertz CT molecular complexity index is 963. The maximum absolute atomic E-state index is 13.6. The summed E-state index contributed by atoms with van der Waals surface area (Å²) in [5.74, 6) is -5.33. The third kappa shape index (κ3) is 3.36. The molecule has 0 aliphatic carbocycles. The largest absolute Gasteiger partial charge is 0.382 e. The molecule has 1 aromatic heterocycles. The average molecular weight is 371 g/mol. The van der Waals surface area contributed by atoms with E-state index >= 15 is 0 Å². The quantitative estimate of drug-likeness (QED) is 0.717. The number of fused-ring (bicyclic) bond motifs is 1. The number of aromatic nitrogens is 3. The summed E-state index contributed by atoms with van der Waals surface area (Å²) in [6, 6.07) is 6.38. The van der Waals surface area contributed by atoms with Crippen LogP contribution in [0.15, 0.2) is 30.3 Å². The van der Waals surface area contributed by atoms with E-state index in [1.54, 1.807) is 12.1 Å². The van der Waals surface area contributed by atoms with Crippen molar-refractivity contribution in [3.63, 3.8) is 0 Å². The molecule has 6 nitrogen and oxygen atoms in total. The van der Waals surface area contributed by atoms with Gasteiger partial charge in [-0.1, -0.05) is 16.4 Å². The van der Waals surface area contributed by atoms with Crippen LogP contribution < -0.4 is 10.2 Å². The summed E-state index contributed by atoms with van der Waals surface area (Å²) in [4.78, 5) is 18.4. The lowest BCUT2D eigenvalue weighted by Gasteiger charge is -2.14. The minimum atomic E-state index is -1.68. The highest BCUT2D eigenvalue weighted by atomic mass is 35.5. The van der Waals surface area contributed by atoms with Crippen molar-refractivity contribution in [2.45, 2.75) is 13.0 Å². The van der Waals surface area contributed by atoms with Gasteiger partial charge in [-0.25, -0.2) is 13.2 Å². The Balaban J connectivity index is 1.76. The molecule has 0 aliphatic rings. The highest BCUT2D eigenvalue weighted by Crippen LogP contribution is 2.20. The molecule has 10 heteroatoms. The van der Waals surface area contributed by atoms with Crippen LogP contribution in [0.4, 0.5) is 18.9 Å². The second kappa shape index (κ2) is 6.60. The van der Waals surface area contributed by atoms with Gasteiger partial charge in [-0.15, -0.1) is 5.10 Å². The summed E-state index contributed by atoms with van der Waals surface area (Å²) < 4.78 is 39.7. The Morgan fingerprint density at radius 1 is 1.24 bits per heavy atom. The fourth-order valence-electron chi connectivity index (χ4n) is 2.00. The van der Waals surface area contributed by atoms with E-state index < -0.39 is 35.2 Å². The molecular formula is C15H10ClF3N4O2. The molecule has 0 fully saturated rings. The van der Waals surface area contributed by atoms with Gasteiger partial charge in [0.2, 0.25) is 6.10 Å². The van der Waals surface area contributed by atoms with E-state index in [2.05, 4.69) is 15.6 Å². The van der Waals surface area contributed by atoms with E-state index in [0.717, 1.165) is 10.9 Å². The number of carbonyl (C=O) groups excluding carboxylic acids is 1. The summed E-state index contributed by atoms with van der Waals surface area (Å²) >= 11 is 5.89. The predicted octanol–water partition coefficient (Wildman–Crippen LogP) is 2.96. The van der Waals surface area contributed by atoms with Crippen molar-refractivity contribution in [3.8, 4) is 0 Å². The minimum absolute atomic E-state index is 0.417. The zero-order valence-corrected chi connectivity index (χ0v) is 13.4. The lowest BCUT2D eigenvalue weighted by Crippen LogP contribution is -2.35. The molecule has 0 radical (unpaired) electrons. The number of rotatable bonds is 4. The van der Waals surface area contributed by atoms with E-state index in [4.69, 9.17) is 16.4 Å². The first kappa shape index (κ1) is 17.0. The van der Waals surface area contributed by atoms with E-state index in [1.165, 1.54) is 13.0 Å². The van der Waals surface area contributed by atoms with Crippen molar-refractivity contribution < 1.29 is 22.8 Å². The van der Waals surface area contributed by atoms with Crippen LogP contribution in [-0.4, -0.2) is 27.2 Å². The van der Waals surface area contributed by atoms with Gasteiger partial charge in [-0.3, -0.25) is 4.79 Å². The lowest BCUT2D eigenvalue weighted by atomic mass is 10.2. The Labute approximate surface area is 144 Å². The molecule has 0 spiro atoms. The SMILES string of the molecule is CC(On1nnc2ccc(Cl)cc21)C(=O)Nc1ccc(F)c(F)c1F. The third-order valence-electron chi connectivity index (χ3n) is 3.30. The number of anilines is 1. The summed E-state index contributed by atoms with van der Waals surface area (Å²) in [5.41, 5.74) is 0.403. The van der Waals surface area contributed by atoms with Crippen LogP contribution in [0.1, 0.15) is 6.92 Å². The summed E-state index contributed by atoms with van der Waals surface area (Å²) in [6.45, 7) is 1.37. The van der Waals surface area contributed by atoms with Gasteiger partial charge in [-0.2, -0.15) is 0 Å². The molecule has 1 heterocycles. The van der Waals surface area contributed by atoms with Crippen molar-refractivity contribution in [2.75, 3.05) is 5.32 Å². The number of benzene rings is 2. The Kier molecular flexibility index (Phi) is 4.49. The van der Waals surface area contributed by atoms with Crippen LogP contribution in [0, 0.1) is 17.5 Å². The maximum Gasteiger partial charge on any atom is 0.268 e. The highest BCUT2D eigenvalue weighted by molar-refractivity contribution is 6.31. The van der Waals surface area contributed by atoms with Gasteiger partial charge in [0.15, 0.2) is 17.5 Å². The van der Waals surface area contributed by atoms with Crippen molar-refractivity contribution in [3.05, 3.63) is 52.8 Å². The molecule has 1 N–H and O–H groups in total. The first-order valence-corrected chi connectivity index (χ1v) is 7.37. The topological polar surface area (TPSA) is 69.0 Å². The fraction of sp³-hybridized carbons (Fsp3) is 0.133. The predicted molar refractivity (Wildman–Crippen MR) is 83.5 cm³/mol. The van der Waals surface area contributed by atoms with E-state index in [-0.39, 0.29) is 0 Å². The van der Waals surface area contributed by atoms with Gasteiger partial charge >= 0.3 is 0 Å². The highest BCUT2D eigenvalue weighted by Gasteiger charge is 2.21. The first-order chi connectivity index (χ1) is 11.9. The number of carbonyl (C=O) groups is 1. The zero-order chi connectivity index (χ0) is 18.1. The molecule has 25 heavy (non-hydrogen) atoms. The van der Waals surface area contributed by atoms with Crippen molar-refractivity contribution in [2.24, 2.45) is 0 Å². The number of amides is 1. The number of halogens is 4. The van der Waals surface area contributed by atoms with Crippen LogP contribution in [0.3, 0.4) is 0 Å². The minimum Gasteiger partial charge on any atom is -0.382 e. The monoisotopic (exact) mass is 370 g/mol. The number of nitrogens with one attached hydrogen (secondary N) is 1. The number of nitrogens with zero attached hydrogens (tertiary/aromatic N) is 3. The summed E-state index contributed by atoms with van der Waals surface area (Å²) in [5, 5.41) is 10.1. The van der Waals surface area contributed by atoms with Crippen LogP contribution in [0.5, 0.6) is 0 Å². The van der Waals surface area contributed by atoms with Gasteiger partial charge in [0.1, 0.15) is 11.0 Å². The molecule has 0 saturated heterocycles. The first-order valence-electron chi connectivity index (χ1n) is 6.99. The molecule has 1 atom stereocenters. The van der Waals surface area contributed by atoms with Gasteiger partial charge in [0.25, 0.3) is 5.91 Å². The Morgan fingerprint density at radius 2 is 2.00 bits per heavy atom. The normalized spacial score (nSPS) is 12.2. The van der Waals surface area contributed by atoms with Gasteiger partial charge < -0.3 is 10.2 Å². The molecule has 0 aliphatic heterocycles. The summed E-state index contributed by atoms with van der Waals surface area (Å²) in [7, 11) is 0.